The summed E-state index contributed by atoms with van der Waals surface area (Å²) in [6.45, 7) is 15.1. The number of benzene rings is 1. The Morgan fingerprint density at radius 1 is 1.17 bits per heavy atom. The molecule has 1 heterocycles. The summed E-state index contributed by atoms with van der Waals surface area (Å²) in [6.07, 6.45) is 4.57. The Kier molecular flexibility index (Phi) is 7.94. The number of hydrogen-bond acceptors (Lipinski definition) is 5. The number of methoxy groups -OCH3 is 1. The number of carbonyl (C=O) groups excluding carboxylic acids is 2. The number of carbonyl (C=O) groups is 2. The number of aromatic nitrogens is 2. The van der Waals surface area contributed by atoms with Crippen molar-refractivity contribution >= 4 is 20.2 Å². The van der Waals surface area contributed by atoms with Crippen molar-refractivity contribution in [1.82, 2.24) is 15.1 Å². The second kappa shape index (κ2) is 10.4. The lowest BCUT2D eigenvalue weighted by Crippen LogP contribution is -2.43. The number of amides is 1. The molecule has 0 radical (unpaired) electrons. The summed E-state index contributed by atoms with van der Waals surface area (Å²) in [5.41, 5.74) is 4.24. The Morgan fingerprint density at radius 3 is 2.43 bits per heavy atom. The molecule has 1 aliphatic carbocycles. The van der Waals surface area contributed by atoms with Crippen LogP contribution in [0, 0.1) is 12.8 Å². The van der Waals surface area contributed by atoms with E-state index in [9.17, 15) is 9.59 Å². The van der Waals surface area contributed by atoms with Crippen molar-refractivity contribution in [3.8, 4) is 11.4 Å². The van der Waals surface area contributed by atoms with Gasteiger partial charge in [-0.3, -0.25) is 4.79 Å². The quantitative estimate of drug-likeness (QED) is 0.386. The average molecular weight is 498 g/mol. The van der Waals surface area contributed by atoms with E-state index in [0.29, 0.717) is 30.5 Å². The van der Waals surface area contributed by atoms with Crippen LogP contribution in [0.2, 0.25) is 18.1 Å². The SMILES string of the molecule is COC(=O)C1=C(NC(=O)[C@H](C)Cc2cnn(-c3ccc(O[Si](C)(C)C(C)(C)C)cc3)c2C)CCC1. The fourth-order valence-corrected chi connectivity index (χ4v) is 4.96. The molecule has 0 fully saturated rings. The van der Waals surface area contributed by atoms with Gasteiger partial charge in [0, 0.05) is 17.3 Å². The highest BCUT2D eigenvalue weighted by Gasteiger charge is 2.39. The van der Waals surface area contributed by atoms with E-state index in [-0.39, 0.29) is 22.8 Å². The third kappa shape index (κ3) is 6.04. The third-order valence-electron chi connectivity index (χ3n) is 7.27. The van der Waals surface area contributed by atoms with Crippen LogP contribution in [0.15, 0.2) is 41.7 Å². The van der Waals surface area contributed by atoms with Crippen LogP contribution in [0.4, 0.5) is 0 Å². The lowest BCUT2D eigenvalue weighted by Gasteiger charge is -2.36. The molecule has 7 nitrogen and oxygen atoms in total. The zero-order valence-electron chi connectivity index (χ0n) is 22.3. The molecular weight excluding hydrogens is 458 g/mol. The zero-order chi connectivity index (χ0) is 26.0. The third-order valence-corrected chi connectivity index (χ3v) is 11.6. The fourth-order valence-electron chi connectivity index (χ4n) is 3.93. The topological polar surface area (TPSA) is 82.5 Å². The monoisotopic (exact) mass is 497 g/mol. The molecule has 0 saturated carbocycles. The Balaban J connectivity index is 1.68. The summed E-state index contributed by atoms with van der Waals surface area (Å²) in [6, 6.07) is 8.04. The maximum atomic E-state index is 12.8. The summed E-state index contributed by atoms with van der Waals surface area (Å²) in [4.78, 5) is 24.8. The summed E-state index contributed by atoms with van der Waals surface area (Å²) in [7, 11) is -0.528. The number of nitrogens with zero attached hydrogens (tertiary/aromatic N) is 2. The minimum absolute atomic E-state index is 0.0948. The second-order valence-corrected chi connectivity index (χ2v) is 15.6. The van der Waals surface area contributed by atoms with Crippen LogP contribution in [-0.4, -0.2) is 37.1 Å². The maximum Gasteiger partial charge on any atom is 0.335 e. The molecule has 0 bridgehead atoms. The molecule has 190 valence electrons. The zero-order valence-corrected chi connectivity index (χ0v) is 23.3. The van der Waals surface area contributed by atoms with Gasteiger partial charge in [-0.25, -0.2) is 9.48 Å². The van der Waals surface area contributed by atoms with Crippen LogP contribution in [0.5, 0.6) is 5.75 Å². The van der Waals surface area contributed by atoms with Crippen LogP contribution in [0.25, 0.3) is 5.69 Å². The number of nitrogens with one attached hydrogen (secondary N) is 1. The van der Waals surface area contributed by atoms with Gasteiger partial charge in [-0.05, 0) is 80.6 Å². The summed E-state index contributed by atoms with van der Waals surface area (Å²) in [5.74, 6) is 0.160. The van der Waals surface area contributed by atoms with Crippen molar-refractivity contribution in [3.05, 3.63) is 53.0 Å². The molecule has 1 atom stereocenters. The van der Waals surface area contributed by atoms with Gasteiger partial charge in [0.05, 0.1) is 24.6 Å². The molecule has 1 aliphatic rings. The second-order valence-electron chi connectivity index (χ2n) is 10.9. The standard InChI is InChI=1S/C27H39N3O4Si/c1-18(25(31)29-24-11-9-10-23(24)26(32)33-6)16-20-17-28-30(19(20)2)21-12-14-22(15-13-21)34-35(7,8)27(3,4)5/h12-15,17-18H,9-11,16H2,1-8H3,(H,29,31)/t18-/m1/s1. The highest BCUT2D eigenvalue weighted by Crippen LogP contribution is 2.37. The summed E-state index contributed by atoms with van der Waals surface area (Å²) >= 11 is 0. The first-order valence-corrected chi connectivity index (χ1v) is 15.2. The largest absolute Gasteiger partial charge is 0.544 e. The Labute approximate surface area is 210 Å². The Hall–Kier alpha value is -2.87. The molecule has 1 amide bonds. The van der Waals surface area contributed by atoms with Gasteiger partial charge >= 0.3 is 5.97 Å². The van der Waals surface area contributed by atoms with Gasteiger partial charge in [-0.2, -0.15) is 5.10 Å². The molecule has 1 aromatic heterocycles. The van der Waals surface area contributed by atoms with Crippen molar-refractivity contribution in [2.24, 2.45) is 5.92 Å². The molecular formula is C27H39N3O4Si. The predicted octanol–water partition coefficient (Wildman–Crippen LogP) is 5.47. The Bertz CT molecular complexity index is 1110. The van der Waals surface area contributed by atoms with Crippen LogP contribution in [0.1, 0.15) is 58.2 Å². The van der Waals surface area contributed by atoms with Gasteiger partial charge in [-0.15, -0.1) is 0 Å². The van der Waals surface area contributed by atoms with Crippen LogP contribution < -0.4 is 9.74 Å². The van der Waals surface area contributed by atoms with Gasteiger partial charge in [0.25, 0.3) is 0 Å². The fraction of sp³-hybridized carbons (Fsp3) is 0.519. The van der Waals surface area contributed by atoms with E-state index in [1.165, 1.54) is 7.11 Å². The molecule has 3 rings (SSSR count). The number of rotatable bonds is 8. The van der Waals surface area contributed by atoms with Crippen molar-refractivity contribution < 1.29 is 18.8 Å². The molecule has 0 saturated heterocycles. The van der Waals surface area contributed by atoms with Gasteiger partial charge in [-0.1, -0.05) is 27.7 Å². The smallest absolute Gasteiger partial charge is 0.335 e. The number of hydrogen-bond donors (Lipinski definition) is 1. The van der Waals surface area contributed by atoms with Gasteiger partial charge in [0.2, 0.25) is 14.2 Å². The average Bonchev–Trinajstić information content (AvgIpc) is 3.39. The van der Waals surface area contributed by atoms with Crippen molar-refractivity contribution in [3.63, 3.8) is 0 Å². The minimum Gasteiger partial charge on any atom is -0.544 e. The van der Waals surface area contributed by atoms with Crippen molar-refractivity contribution in [2.75, 3.05) is 7.11 Å². The highest BCUT2D eigenvalue weighted by molar-refractivity contribution is 6.74. The molecule has 0 spiro atoms. The van der Waals surface area contributed by atoms with E-state index in [1.807, 2.05) is 49.0 Å². The first-order valence-electron chi connectivity index (χ1n) is 12.3. The van der Waals surface area contributed by atoms with E-state index >= 15 is 0 Å². The number of esters is 1. The van der Waals surface area contributed by atoms with Crippen molar-refractivity contribution in [1.29, 1.82) is 0 Å². The number of ether oxygens (including phenoxy) is 1. The lowest BCUT2D eigenvalue weighted by atomic mass is 10.0. The predicted molar refractivity (Wildman–Crippen MR) is 140 cm³/mol. The van der Waals surface area contributed by atoms with Gasteiger partial charge in [0.15, 0.2) is 0 Å². The van der Waals surface area contributed by atoms with E-state index in [0.717, 1.165) is 29.1 Å². The normalized spacial score (nSPS) is 15.2. The van der Waals surface area contributed by atoms with Gasteiger partial charge < -0.3 is 14.5 Å². The number of allylic oxidation sites excluding steroid dienone is 1. The lowest BCUT2D eigenvalue weighted by molar-refractivity contribution is -0.136. The van der Waals surface area contributed by atoms with Crippen LogP contribution in [0.3, 0.4) is 0 Å². The highest BCUT2D eigenvalue weighted by atomic mass is 28.4. The minimum atomic E-state index is -1.89. The first kappa shape index (κ1) is 26.7. The first-order chi connectivity index (χ1) is 16.3. The molecule has 0 unspecified atom stereocenters. The Morgan fingerprint density at radius 2 is 1.83 bits per heavy atom. The van der Waals surface area contributed by atoms with Crippen molar-refractivity contribution in [2.45, 2.75) is 78.4 Å². The van der Waals surface area contributed by atoms with Crippen LogP contribution in [-0.2, 0) is 20.7 Å². The molecule has 35 heavy (non-hydrogen) atoms. The molecule has 8 heteroatoms. The van der Waals surface area contributed by atoms with E-state index < -0.39 is 8.32 Å². The molecule has 2 aromatic rings. The van der Waals surface area contributed by atoms with Gasteiger partial charge in [0.1, 0.15) is 5.75 Å². The maximum absolute atomic E-state index is 12.8. The molecule has 0 aliphatic heterocycles. The van der Waals surface area contributed by atoms with Crippen LogP contribution >= 0.6 is 0 Å². The molecule has 1 N–H and O–H groups in total. The summed E-state index contributed by atoms with van der Waals surface area (Å²) < 4.78 is 13.1. The van der Waals surface area contributed by atoms with E-state index in [4.69, 9.17) is 9.16 Å². The molecule has 1 aromatic carbocycles. The van der Waals surface area contributed by atoms with E-state index in [1.54, 1.807) is 0 Å². The van der Waals surface area contributed by atoms with E-state index in [2.05, 4.69) is 44.3 Å². The summed E-state index contributed by atoms with van der Waals surface area (Å²) in [5, 5.41) is 7.67.